The molecule has 2 aromatic carbocycles. The molecular weight excluding hydrogens is 422 g/mol. The first-order valence-electron chi connectivity index (χ1n) is 10.9. The van der Waals surface area contributed by atoms with Crippen LogP contribution in [0.4, 0.5) is 0 Å². The first kappa shape index (κ1) is 22.2. The minimum atomic E-state index is -3.63. The molecule has 0 aliphatic carbocycles. The molecule has 1 aliphatic rings. The molecule has 1 fully saturated rings. The van der Waals surface area contributed by atoms with Gasteiger partial charge in [-0.05, 0) is 54.3 Å². The molecule has 1 aliphatic heterocycles. The van der Waals surface area contributed by atoms with E-state index in [0.29, 0.717) is 18.7 Å². The van der Waals surface area contributed by atoms with Gasteiger partial charge in [0.15, 0.2) is 0 Å². The van der Waals surface area contributed by atoms with Crippen LogP contribution in [0.15, 0.2) is 84.0 Å². The first-order valence-corrected chi connectivity index (χ1v) is 12.4. The van der Waals surface area contributed by atoms with Crippen LogP contribution in [0.25, 0.3) is 0 Å². The number of carbonyl (C=O) groups excluding carboxylic acids is 1. The maximum absolute atomic E-state index is 13.2. The zero-order chi connectivity index (χ0) is 22.4. The van der Waals surface area contributed by atoms with Crippen LogP contribution >= 0.6 is 0 Å². The summed E-state index contributed by atoms with van der Waals surface area (Å²) in [6.07, 6.45) is 7.19. The molecular formula is C25H27N3O3S. The van der Waals surface area contributed by atoms with E-state index in [-0.39, 0.29) is 16.8 Å². The van der Waals surface area contributed by atoms with E-state index >= 15 is 0 Å². The maximum Gasteiger partial charge on any atom is 0.252 e. The number of nitrogens with one attached hydrogen (secondary N) is 1. The predicted molar refractivity (Wildman–Crippen MR) is 124 cm³/mol. The van der Waals surface area contributed by atoms with Gasteiger partial charge in [-0.25, -0.2) is 8.42 Å². The second kappa shape index (κ2) is 10.1. The van der Waals surface area contributed by atoms with Crippen LogP contribution in [0.3, 0.4) is 0 Å². The molecule has 0 radical (unpaired) electrons. The van der Waals surface area contributed by atoms with Crippen LogP contribution in [-0.2, 0) is 10.0 Å². The van der Waals surface area contributed by atoms with Crippen molar-refractivity contribution in [3.8, 4) is 0 Å². The van der Waals surface area contributed by atoms with Gasteiger partial charge < -0.3 is 5.32 Å². The van der Waals surface area contributed by atoms with Crippen molar-refractivity contribution in [2.45, 2.75) is 36.6 Å². The number of amides is 1. The van der Waals surface area contributed by atoms with E-state index in [0.717, 1.165) is 36.8 Å². The van der Waals surface area contributed by atoms with E-state index < -0.39 is 10.0 Å². The Kier molecular flexibility index (Phi) is 6.97. The highest BCUT2D eigenvalue weighted by Gasteiger charge is 2.26. The van der Waals surface area contributed by atoms with E-state index in [1.54, 1.807) is 34.9 Å². The molecule has 7 heteroatoms. The molecule has 32 heavy (non-hydrogen) atoms. The summed E-state index contributed by atoms with van der Waals surface area (Å²) in [6, 6.07) is 19.3. The largest absolute Gasteiger partial charge is 0.341 e. The lowest BCUT2D eigenvalue weighted by Gasteiger charge is -2.21. The number of rotatable bonds is 6. The van der Waals surface area contributed by atoms with E-state index in [1.807, 2.05) is 42.5 Å². The third-order valence-corrected chi connectivity index (χ3v) is 7.64. The van der Waals surface area contributed by atoms with Crippen molar-refractivity contribution in [3.63, 3.8) is 0 Å². The number of nitrogens with zero attached hydrogens (tertiary/aromatic N) is 2. The zero-order valence-electron chi connectivity index (χ0n) is 17.9. The monoisotopic (exact) mass is 449 g/mol. The van der Waals surface area contributed by atoms with Crippen molar-refractivity contribution in [1.82, 2.24) is 14.6 Å². The fourth-order valence-electron chi connectivity index (χ4n) is 4.00. The Labute approximate surface area is 189 Å². The maximum atomic E-state index is 13.2. The molecule has 1 saturated heterocycles. The molecule has 0 bridgehead atoms. The average Bonchev–Trinajstić information content (AvgIpc) is 3.14. The third kappa shape index (κ3) is 5.06. The SMILES string of the molecule is O=C(NC(c1ccccc1)c1ccncc1)c1cccc(S(=O)(=O)N2CCCCCC2)c1. The van der Waals surface area contributed by atoms with E-state index in [4.69, 9.17) is 0 Å². The molecule has 0 saturated carbocycles. The second-order valence-corrected chi connectivity index (χ2v) is 9.88. The number of sulfonamides is 1. The van der Waals surface area contributed by atoms with Gasteiger partial charge in [-0.2, -0.15) is 4.31 Å². The van der Waals surface area contributed by atoms with E-state index in [2.05, 4.69) is 10.3 Å². The Bertz CT molecular complexity index is 1100. The van der Waals surface area contributed by atoms with Crippen molar-refractivity contribution in [2.75, 3.05) is 13.1 Å². The summed E-state index contributed by atoms with van der Waals surface area (Å²) >= 11 is 0. The van der Waals surface area contributed by atoms with Crippen LogP contribution < -0.4 is 5.32 Å². The highest BCUT2D eigenvalue weighted by molar-refractivity contribution is 7.89. The minimum absolute atomic E-state index is 0.159. The molecule has 2 heterocycles. The number of hydrogen-bond acceptors (Lipinski definition) is 4. The molecule has 4 rings (SSSR count). The summed E-state index contributed by atoms with van der Waals surface area (Å²) in [5, 5.41) is 3.06. The lowest BCUT2D eigenvalue weighted by Crippen LogP contribution is -2.32. The number of aromatic nitrogens is 1. The van der Waals surface area contributed by atoms with Crippen molar-refractivity contribution < 1.29 is 13.2 Å². The average molecular weight is 450 g/mol. The first-order chi connectivity index (χ1) is 15.6. The van der Waals surface area contributed by atoms with Gasteiger partial charge in [0.05, 0.1) is 10.9 Å². The Morgan fingerprint density at radius 3 is 2.19 bits per heavy atom. The number of pyridine rings is 1. The van der Waals surface area contributed by atoms with Gasteiger partial charge in [0.2, 0.25) is 10.0 Å². The van der Waals surface area contributed by atoms with Crippen LogP contribution in [0, 0.1) is 0 Å². The highest BCUT2D eigenvalue weighted by Crippen LogP contribution is 2.24. The highest BCUT2D eigenvalue weighted by atomic mass is 32.2. The summed E-state index contributed by atoms with van der Waals surface area (Å²) in [7, 11) is -3.63. The zero-order valence-corrected chi connectivity index (χ0v) is 18.7. The molecule has 1 N–H and O–H groups in total. The second-order valence-electron chi connectivity index (χ2n) is 7.94. The van der Waals surface area contributed by atoms with Crippen LogP contribution in [0.5, 0.6) is 0 Å². The van der Waals surface area contributed by atoms with Crippen LogP contribution in [0.1, 0.15) is 53.2 Å². The molecule has 166 valence electrons. The summed E-state index contributed by atoms with van der Waals surface area (Å²) in [5.74, 6) is -0.330. The Hall–Kier alpha value is -3.03. The third-order valence-electron chi connectivity index (χ3n) is 5.75. The number of carbonyl (C=O) groups is 1. The Morgan fingerprint density at radius 2 is 1.50 bits per heavy atom. The number of hydrogen-bond donors (Lipinski definition) is 1. The Balaban J connectivity index is 1.60. The molecule has 6 nitrogen and oxygen atoms in total. The van der Waals surface area contributed by atoms with Crippen molar-refractivity contribution in [2.24, 2.45) is 0 Å². The van der Waals surface area contributed by atoms with Crippen LogP contribution in [0.2, 0.25) is 0 Å². The van der Waals surface area contributed by atoms with Gasteiger partial charge >= 0.3 is 0 Å². The Morgan fingerprint density at radius 1 is 0.844 bits per heavy atom. The number of benzene rings is 2. The smallest absolute Gasteiger partial charge is 0.252 e. The molecule has 0 spiro atoms. The van der Waals surface area contributed by atoms with Gasteiger partial charge in [0, 0.05) is 31.0 Å². The van der Waals surface area contributed by atoms with Gasteiger partial charge in [-0.15, -0.1) is 0 Å². The fourth-order valence-corrected chi connectivity index (χ4v) is 5.57. The van der Waals surface area contributed by atoms with Crippen molar-refractivity contribution >= 4 is 15.9 Å². The summed E-state index contributed by atoms with van der Waals surface area (Å²) in [4.78, 5) is 17.4. The summed E-state index contributed by atoms with van der Waals surface area (Å²) < 4.78 is 27.9. The van der Waals surface area contributed by atoms with Crippen molar-refractivity contribution in [3.05, 3.63) is 95.8 Å². The van der Waals surface area contributed by atoms with Gasteiger partial charge in [0.25, 0.3) is 5.91 Å². The molecule has 3 aromatic rings. The minimum Gasteiger partial charge on any atom is -0.341 e. The van der Waals surface area contributed by atoms with Crippen LogP contribution in [-0.4, -0.2) is 36.7 Å². The predicted octanol–water partition coefficient (Wildman–Crippen LogP) is 4.17. The van der Waals surface area contributed by atoms with Gasteiger partial charge in [-0.1, -0.05) is 49.2 Å². The molecule has 1 aromatic heterocycles. The van der Waals surface area contributed by atoms with Crippen molar-refractivity contribution in [1.29, 1.82) is 0 Å². The lowest BCUT2D eigenvalue weighted by atomic mass is 9.99. The molecule has 1 atom stereocenters. The molecule has 1 amide bonds. The topological polar surface area (TPSA) is 79.4 Å². The van der Waals surface area contributed by atoms with Gasteiger partial charge in [0.1, 0.15) is 0 Å². The fraction of sp³-hybridized carbons (Fsp3) is 0.280. The van der Waals surface area contributed by atoms with E-state index in [1.165, 1.54) is 6.07 Å². The molecule has 1 unspecified atom stereocenters. The normalized spacial score (nSPS) is 16.1. The van der Waals surface area contributed by atoms with Gasteiger partial charge in [-0.3, -0.25) is 9.78 Å². The summed E-state index contributed by atoms with van der Waals surface area (Å²) in [6.45, 7) is 1.05. The quantitative estimate of drug-likeness (QED) is 0.613. The lowest BCUT2D eigenvalue weighted by molar-refractivity contribution is 0.0942. The standard InChI is InChI=1S/C25H27N3O3S/c29-25(27-24(20-9-4-3-5-10-20)21-13-15-26-16-14-21)22-11-8-12-23(19-22)32(30,31)28-17-6-1-2-7-18-28/h3-5,8-16,19,24H,1-2,6-7,17-18H2,(H,27,29). The van der Waals surface area contributed by atoms with E-state index in [9.17, 15) is 13.2 Å². The summed E-state index contributed by atoms with van der Waals surface area (Å²) in [5.41, 5.74) is 2.14.